The van der Waals surface area contributed by atoms with Crippen LogP contribution in [0.1, 0.15) is 31.1 Å². The molecule has 0 aliphatic carbocycles. The fourth-order valence-electron chi connectivity index (χ4n) is 3.33. The molecule has 0 saturated carbocycles. The van der Waals surface area contributed by atoms with Crippen LogP contribution >= 0.6 is 27.3 Å². The molecule has 1 aliphatic rings. The molecule has 3 heterocycles. The highest BCUT2D eigenvalue weighted by atomic mass is 79.9. The quantitative estimate of drug-likeness (QED) is 0.594. The smallest absolute Gasteiger partial charge is 0.338 e. The predicted molar refractivity (Wildman–Crippen MR) is 115 cm³/mol. The Morgan fingerprint density at radius 3 is 2.76 bits per heavy atom. The first-order chi connectivity index (χ1) is 14.0. The molecule has 0 amide bonds. The first kappa shape index (κ1) is 19.6. The number of aromatic amines is 1. The standard InChI is InChI=1S/C21H18BrN3O3S/c1-3-28-20(27)17-12(2)24-21-25(18(17)13-6-8-14(22)9-7-13)19(26)16(29-21)11-15-5-4-10-23-15/h4-11,18,23H,3H2,1-2H3/b16-11+/t18-/m0/s1. The third-order valence-corrected chi connectivity index (χ3v) is 6.12. The fraction of sp³-hybridized carbons (Fsp3) is 0.190. The minimum Gasteiger partial charge on any atom is -0.463 e. The lowest BCUT2D eigenvalue weighted by atomic mass is 9.96. The highest BCUT2D eigenvalue weighted by Crippen LogP contribution is 2.31. The van der Waals surface area contributed by atoms with Crippen LogP contribution in [0.5, 0.6) is 0 Å². The number of nitrogens with one attached hydrogen (secondary N) is 1. The largest absolute Gasteiger partial charge is 0.463 e. The van der Waals surface area contributed by atoms with Crippen molar-refractivity contribution >= 4 is 39.3 Å². The van der Waals surface area contributed by atoms with E-state index in [1.807, 2.05) is 36.4 Å². The summed E-state index contributed by atoms with van der Waals surface area (Å²) in [5.74, 6) is -0.458. The van der Waals surface area contributed by atoms with Crippen LogP contribution in [0.2, 0.25) is 0 Å². The number of thiazole rings is 1. The maximum atomic E-state index is 13.3. The summed E-state index contributed by atoms with van der Waals surface area (Å²) in [7, 11) is 0. The number of H-pyrrole nitrogens is 1. The van der Waals surface area contributed by atoms with Gasteiger partial charge in [0, 0.05) is 16.4 Å². The number of hydrogen-bond donors (Lipinski definition) is 1. The summed E-state index contributed by atoms with van der Waals surface area (Å²) >= 11 is 4.74. The second-order valence-corrected chi connectivity index (χ2v) is 8.40. The van der Waals surface area contributed by atoms with Crippen molar-refractivity contribution in [1.82, 2.24) is 9.55 Å². The molecule has 4 rings (SSSR count). The molecule has 29 heavy (non-hydrogen) atoms. The van der Waals surface area contributed by atoms with Crippen LogP contribution in [-0.4, -0.2) is 22.1 Å². The van der Waals surface area contributed by atoms with Gasteiger partial charge in [-0.2, -0.15) is 0 Å². The number of nitrogens with zero attached hydrogens (tertiary/aromatic N) is 2. The van der Waals surface area contributed by atoms with Crippen LogP contribution in [0.25, 0.3) is 6.08 Å². The van der Waals surface area contributed by atoms with Crippen molar-refractivity contribution in [2.45, 2.75) is 19.9 Å². The third-order valence-electron chi connectivity index (χ3n) is 4.61. The molecule has 1 aliphatic heterocycles. The van der Waals surface area contributed by atoms with Gasteiger partial charge >= 0.3 is 5.97 Å². The van der Waals surface area contributed by atoms with Crippen LogP contribution in [0.3, 0.4) is 0 Å². The summed E-state index contributed by atoms with van der Waals surface area (Å²) in [5.41, 5.74) is 2.40. The van der Waals surface area contributed by atoms with Crippen molar-refractivity contribution in [3.63, 3.8) is 0 Å². The summed E-state index contributed by atoms with van der Waals surface area (Å²) in [6.07, 6.45) is 3.60. The molecule has 1 N–H and O–H groups in total. The Hall–Kier alpha value is -2.71. The van der Waals surface area contributed by atoms with Crippen LogP contribution in [0.4, 0.5) is 0 Å². The maximum Gasteiger partial charge on any atom is 0.338 e. The van der Waals surface area contributed by atoms with Gasteiger partial charge in [0.1, 0.15) is 0 Å². The number of carbonyl (C=O) groups excluding carboxylic acids is 1. The highest BCUT2D eigenvalue weighted by Gasteiger charge is 2.33. The minimum absolute atomic E-state index is 0.189. The molecule has 0 saturated heterocycles. The van der Waals surface area contributed by atoms with Gasteiger partial charge in [0.15, 0.2) is 4.80 Å². The molecule has 148 valence electrons. The maximum absolute atomic E-state index is 13.3. The van der Waals surface area contributed by atoms with E-state index in [0.717, 1.165) is 15.7 Å². The van der Waals surface area contributed by atoms with Gasteiger partial charge < -0.3 is 9.72 Å². The van der Waals surface area contributed by atoms with Crippen molar-refractivity contribution in [2.75, 3.05) is 6.61 Å². The van der Waals surface area contributed by atoms with Crippen molar-refractivity contribution < 1.29 is 9.53 Å². The Morgan fingerprint density at radius 2 is 2.10 bits per heavy atom. The van der Waals surface area contributed by atoms with E-state index in [1.54, 1.807) is 30.7 Å². The molecule has 1 atom stereocenters. The first-order valence-corrected chi connectivity index (χ1v) is 10.7. The van der Waals surface area contributed by atoms with Crippen molar-refractivity contribution in [3.8, 4) is 0 Å². The predicted octanol–water partition coefficient (Wildman–Crippen LogP) is 2.89. The molecule has 8 heteroatoms. The Balaban J connectivity index is 1.97. The topological polar surface area (TPSA) is 76.4 Å². The molecule has 0 unspecified atom stereocenters. The van der Waals surface area contributed by atoms with Crippen LogP contribution in [-0.2, 0) is 9.53 Å². The molecule has 6 nitrogen and oxygen atoms in total. The molecule has 0 bridgehead atoms. The van der Waals surface area contributed by atoms with Gasteiger partial charge in [-0.05, 0) is 49.8 Å². The van der Waals surface area contributed by atoms with E-state index in [-0.39, 0.29) is 12.2 Å². The number of aromatic nitrogens is 2. The van der Waals surface area contributed by atoms with Crippen LogP contribution in [0.15, 0.2) is 68.1 Å². The van der Waals surface area contributed by atoms with Gasteiger partial charge in [-0.25, -0.2) is 9.79 Å². The number of esters is 1. The summed E-state index contributed by atoms with van der Waals surface area (Å²) in [5, 5.41) is 0. The van der Waals surface area contributed by atoms with Crippen molar-refractivity contribution in [3.05, 3.63) is 89.3 Å². The van der Waals surface area contributed by atoms with Gasteiger partial charge in [-0.15, -0.1) is 0 Å². The Morgan fingerprint density at radius 1 is 1.34 bits per heavy atom. The highest BCUT2D eigenvalue weighted by molar-refractivity contribution is 9.10. The third kappa shape index (κ3) is 3.65. The zero-order valence-corrected chi connectivity index (χ0v) is 18.2. The van der Waals surface area contributed by atoms with Crippen LogP contribution < -0.4 is 14.9 Å². The van der Waals surface area contributed by atoms with E-state index in [9.17, 15) is 9.59 Å². The van der Waals surface area contributed by atoms with Gasteiger partial charge in [0.2, 0.25) is 0 Å². The average Bonchev–Trinajstić information content (AvgIpc) is 3.30. The summed E-state index contributed by atoms with van der Waals surface area (Å²) in [4.78, 5) is 34.3. The average molecular weight is 472 g/mol. The molecule has 0 spiro atoms. The molecule has 2 aromatic heterocycles. The number of halogens is 1. The zero-order valence-electron chi connectivity index (χ0n) is 15.8. The van der Waals surface area contributed by atoms with Gasteiger partial charge in [-0.3, -0.25) is 9.36 Å². The Labute approximate surface area is 179 Å². The second-order valence-electron chi connectivity index (χ2n) is 6.48. The van der Waals surface area contributed by atoms with Gasteiger partial charge in [0.05, 0.1) is 28.5 Å². The fourth-order valence-corrected chi connectivity index (χ4v) is 4.63. The summed E-state index contributed by atoms with van der Waals surface area (Å²) < 4.78 is 8.33. The van der Waals surface area contributed by atoms with Crippen LogP contribution in [0, 0.1) is 0 Å². The molecule has 3 aromatic rings. The number of fused-ring (bicyclic) bond motifs is 1. The van der Waals surface area contributed by atoms with E-state index in [0.29, 0.717) is 20.6 Å². The lowest BCUT2D eigenvalue weighted by Gasteiger charge is -2.24. The van der Waals surface area contributed by atoms with Gasteiger partial charge in [-0.1, -0.05) is 39.4 Å². The number of benzene rings is 1. The lowest BCUT2D eigenvalue weighted by Crippen LogP contribution is -2.39. The minimum atomic E-state index is -0.593. The summed E-state index contributed by atoms with van der Waals surface area (Å²) in [6.45, 7) is 3.79. The van der Waals surface area contributed by atoms with E-state index in [4.69, 9.17) is 4.74 Å². The lowest BCUT2D eigenvalue weighted by molar-refractivity contribution is -0.139. The summed E-state index contributed by atoms with van der Waals surface area (Å²) in [6, 6.07) is 10.7. The van der Waals surface area contributed by atoms with Crippen molar-refractivity contribution in [1.29, 1.82) is 0 Å². The van der Waals surface area contributed by atoms with E-state index in [1.165, 1.54) is 11.3 Å². The zero-order chi connectivity index (χ0) is 20.5. The van der Waals surface area contributed by atoms with E-state index >= 15 is 0 Å². The molecular weight excluding hydrogens is 454 g/mol. The Kier molecular flexibility index (Phi) is 5.38. The number of ether oxygens (including phenoxy) is 1. The normalized spacial score (nSPS) is 16.5. The SMILES string of the molecule is CCOC(=O)C1=C(C)N=c2s/c(=C/c3ccc[nH]3)c(=O)n2[C@H]1c1ccc(Br)cc1. The monoisotopic (exact) mass is 471 g/mol. The molecule has 0 radical (unpaired) electrons. The molecule has 0 fully saturated rings. The van der Waals surface area contributed by atoms with E-state index < -0.39 is 12.0 Å². The van der Waals surface area contributed by atoms with E-state index in [2.05, 4.69) is 25.9 Å². The molecule has 1 aromatic carbocycles. The number of hydrogen-bond acceptors (Lipinski definition) is 5. The number of carbonyl (C=O) groups is 1. The second kappa shape index (κ2) is 7.96. The number of rotatable bonds is 4. The number of allylic oxidation sites excluding steroid dienone is 1. The van der Waals surface area contributed by atoms with Crippen molar-refractivity contribution in [2.24, 2.45) is 4.99 Å². The first-order valence-electron chi connectivity index (χ1n) is 9.08. The molecular formula is C21H18BrN3O3S. The van der Waals surface area contributed by atoms with Gasteiger partial charge in [0.25, 0.3) is 5.56 Å². The Bertz CT molecular complexity index is 1270.